The Kier molecular flexibility index (Phi) is 4.73. The van der Waals surface area contributed by atoms with Crippen molar-refractivity contribution in [2.24, 2.45) is 11.8 Å². The summed E-state index contributed by atoms with van der Waals surface area (Å²) < 4.78 is 38.4. The Morgan fingerprint density at radius 2 is 1.82 bits per heavy atom. The maximum Gasteiger partial charge on any atom is 0.416 e. The van der Waals surface area contributed by atoms with Crippen molar-refractivity contribution in [2.75, 3.05) is 6.54 Å². The first-order chi connectivity index (χ1) is 10.3. The number of amides is 1. The second-order valence-electron chi connectivity index (χ2n) is 5.32. The van der Waals surface area contributed by atoms with Gasteiger partial charge in [0.2, 0.25) is 5.91 Å². The van der Waals surface area contributed by atoms with Gasteiger partial charge in [0, 0.05) is 6.54 Å². The molecule has 0 saturated heterocycles. The van der Waals surface area contributed by atoms with E-state index in [0.29, 0.717) is 12.8 Å². The van der Waals surface area contributed by atoms with Gasteiger partial charge in [-0.25, -0.2) is 0 Å². The van der Waals surface area contributed by atoms with Crippen LogP contribution in [0.3, 0.4) is 0 Å². The number of hydrogen-bond donors (Lipinski definition) is 2. The maximum absolute atomic E-state index is 12.8. The molecule has 1 aromatic carbocycles. The summed E-state index contributed by atoms with van der Waals surface area (Å²) in [6.45, 7) is 0.0504. The predicted molar refractivity (Wildman–Crippen MR) is 72.0 cm³/mol. The summed E-state index contributed by atoms with van der Waals surface area (Å²) in [4.78, 5) is 22.7. The Morgan fingerprint density at radius 3 is 2.36 bits per heavy atom. The summed E-state index contributed by atoms with van der Waals surface area (Å²) in [6.07, 6.45) is -3.42. The number of nitrogens with one attached hydrogen (secondary N) is 1. The minimum absolute atomic E-state index is 0.0475. The summed E-state index contributed by atoms with van der Waals surface area (Å²) in [5.41, 5.74) is -0.602. The van der Waals surface area contributed by atoms with E-state index < -0.39 is 35.5 Å². The highest BCUT2D eigenvalue weighted by molar-refractivity contribution is 5.86. The fourth-order valence-electron chi connectivity index (χ4n) is 2.58. The Hall–Kier alpha value is -2.05. The molecule has 1 aliphatic rings. The summed E-state index contributed by atoms with van der Waals surface area (Å²) >= 11 is 0. The van der Waals surface area contributed by atoms with Crippen LogP contribution in [-0.2, 0) is 22.2 Å². The quantitative estimate of drug-likeness (QED) is 0.877. The van der Waals surface area contributed by atoms with Gasteiger partial charge in [0.1, 0.15) is 0 Å². The molecule has 2 N–H and O–H groups in total. The van der Waals surface area contributed by atoms with Gasteiger partial charge < -0.3 is 10.4 Å². The summed E-state index contributed by atoms with van der Waals surface area (Å²) in [5, 5.41) is 11.4. The van der Waals surface area contributed by atoms with Gasteiger partial charge in [-0.1, -0.05) is 18.2 Å². The van der Waals surface area contributed by atoms with Crippen molar-refractivity contribution < 1.29 is 27.9 Å². The maximum atomic E-state index is 12.8. The molecule has 22 heavy (non-hydrogen) atoms. The van der Waals surface area contributed by atoms with Gasteiger partial charge in [0.05, 0.1) is 17.4 Å². The average Bonchev–Trinajstić information content (AvgIpc) is 2.36. The lowest BCUT2D eigenvalue weighted by atomic mass is 9.73. The van der Waals surface area contributed by atoms with Crippen LogP contribution in [0.4, 0.5) is 13.2 Å². The number of carbonyl (C=O) groups excluding carboxylic acids is 1. The Balaban J connectivity index is 1.90. The molecule has 2 atom stereocenters. The van der Waals surface area contributed by atoms with Crippen molar-refractivity contribution in [3.8, 4) is 0 Å². The van der Waals surface area contributed by atoms with Gasteiger partial charge in [0.15, 0.2) is 0 Å². The molecule has 1 amide bonds. The number of halogens is 3. The highest BCUT2D eigenvalue weighted by Crippen LogP contribution is 2.34. The molecular formula is C15H16F3NO3. The minimum atomic E-state index is -4.43. The minimum Gasteiger partial charge on any atom is -0.481 e. The topological polar surface area (TPSA) is 66.4 Å². The monoisotopic (exact) mass is 315 g/mol. The zero-order valence-electron chi connectivity index (χ0n) is 11.7. The van der Waals surface area contributed by atoms with Crippen molar-refractivity contribution in [3.63, 3.8) is 0 Å². The van der Waals surface area contributed by atoms with Gasteiger partial charge in [-0.3, -0.25) is 9.59 Å². The molecule has 0 spiro atoms. The number of carboxylic acid groups (broad SMARTS) is 1. The average molecular weight is 315 g/mol. The zero-order valence-corrected chi connectivity index (χ0v) is 11.7. The van der Waals surface area contributed by atoms with E-state index in [4.69, 9.17) is 5.11 Å². The molecule has 120 valence electrons. The third-order valence-electron chi connectivity index (χ3n) is 3.94. The number of rotatable bonds is 5. The van der Waals surface area contributed by atoms with Crippen molar-refractivity contribution in [2.45, 2.75) is 25.4 Å². The molecule has 2 unspecified atom stereocenters. The molecule has 0 heterocycles. The third-order valence-corrected chi connectivity index (χ3v) is 3.94. The lowest BCUT2D eigenvalue weighted by molar-refractivity contribution is -0.152. The van der Waals surface area contributed by atoms with Gasteiger partial charge in [0.25, 0.3) is 0 Å². The van der Waals surface area contributed by atoms with Crippen LogP contribution >= 0.6 is 0 Å². The fraction of sp³-hybridized carbons (Fsp3) is 0.467. The second kappa shape index (κ2) is 6.37. The first kappa shape index (κ1) is 16.3. The number of carboxylic acids is 1. The number of alkyl halides is 3. The van der Waals surface area contributed by atoms with E-state index in [1.807, 2.05) is 0 Å². The number of carbonyl (C=O) groups is 2. The predicted octanol–water partition coefficient (Wildman–Crippen LogP) is 2.47. The van der Waals surface area contributed by atoms with Crippen molar-refractivity contribution in [1.29, 1.82) is 0 Å². The molecule has 1 aromatic rings. The first-order valence-electron chi connectivity index (χ1n) is 6.96. The van der Waals surface area contributed by atoms with Gasteiger partial charge >= 0.3 is 12.1 Å². The van der Waals surface area contributed by atoms with E-state index in [9.17, 15) is 22.8 Å². The van der Waals surface area contributed by atoms with Crippen LogP contribution in [0.2, 0.25) is 0 Å². The molecule has 4 nitrogen and oxygen atoms in total. The van der Waals surface area contributed by atoms with Crippen molar-refractivity contribution >= 4 is 11.9 Å². The molecule has 0 bridgehead atoms. The van der Waals surface area contributed by atoms with E-state index in [0.717, 1.165) is 6.07 Å². The Morgan fingerprint density at radius 1 is 1.18 bits per heavy atom. The lowest BCUT2D eigenvalue weighted by Gasteiger charge is -2.31. The van der Waals surface area contributed by atoms with Crippen LogP contribution in [0.25, 0.3) is 0 Å². The first-order valence-corrected chi connectivity index (χ1v) is 6.96. The summed E-state index contributed by atoms with van der Waals surface area (Å²) in [5.74, 6) is -2.66. The summed E-state index contributed by atoms with van der Waals surface area (Å²) in [7, 11) is 0. The van der Waals surface area contributed by atoms with Gasteiger partial charge in [-0.05, 0) is 30.9 Å². The third kappa shape index (κ3) is 3.58. The van der Waals surface area contributed by atoms with Crippen molar-refractivity contribution in [3.05, 3.63) is 35.4 Å². The van der Waals surface area contributed by atoms with Gasteiger partial charge in [-0.15, -0.1) is 0 Å². The van der Waals surface area contributed by atoms with Crippen LogP contribution in [0, 0.1) is 11.8 Å². The molecule has 0 aliphatic heterocycles. The molecule has 0 radical (unpaired) electrons. The van der Waals surface area contributed by atoms with Crippen LogP contribution in [-0.4, -0.2) is 23.5 Å². The molecule has 1 fully saturated rings. The number of hydrogen-bond acceptors (Lipinski definition) is 2. The van der Waals surface area contributed by atoms with E-state index in [1.165, 1.54) is 18.2 Å². The highest BCUT2D eigenvalue weighted by atomic mass is 19.4. The fourth-order valence-corrected chi connectivity index (χ4v) is 2.58. The largest absolute Gasteiger partial charge is 0.481 e. The van der Waals surface area contributed by atoms with Crippen LogP contribution in [0.1, 0.15) is 24.0 Å². The van der Waals surface area contributed by atoms with E-state index in [1.54, 1.807) is 0 Å². The zero-order chi connectivity index (χ0) is 16.3. The van der Waals surface area contributed by atoms with Crippen molar-refractivity contribution in [1.82, 2.24) is 5.32 Å². The highest BCUT2D eigenvalue weighted by Gasteiger charge is 2.41. The number of aliphatic carboxylic acids is 1. The second-order valence-corrected chi connectivity index (χ2v) is 5.32. The van der Waals surface area contributed by atoms with E-state index >= 15 is 0 Å². The lowest BCUT2D eigenvalue weighted by Crippen LogP contribution is -2.44. The van der Waals surface area contributed by atoms with E-state index in [2.05, 4.69) is 5.32 Å². The Labute approximate surface area is 125 Å². The summed E-state index contributed by atoms with van der Waals surface area (Å²) in [6, 6.07) is 5.21. The SMILES string of the molecule is O=C(O)C1CCC1C(=O)NCCc1ccccc1C(F)(F)F. The smallest absolute Gasteiger partial charge is 0.416 e. The molecular weight excluding hydrogens is 299 g/mol. The van der Waals surface area contributed by atoms with Gasteiger partial charge in [-0.2, -0.15) is 13.2 Å². The molecule has 2 rings (SSSR count). The van der Waals surface area contributed by atoms with Crippen LogP contribution in [0.15, 0.2) is 24.3 Å². The molecule has 1 aliphatic carbocycles. The molecule has 1 saturated carbocycles. The normalized spacial score (nSPS) is 21.0. The standard InChI is InChI=1S/C15H16F3NO3/c16-15(17,18)12-4-2-1-3-9(12)7-8-19-13(20)10-5-6-11(10)14(21)22/h1-4,10-11H,5-8H2,(H,19,20)(H,21,22). The number of benzene rings is 1. The molecule has 7 heteroatoms. The molecule has 0 aromatic heterocycles. The van der Waals surface area contributed by atoms with E-state index in [-0.39, 0.29) is 18.5 Å². The van der Waals surface area contributed by atoms with Crippen LogP contribution in [0.5, 0.6) is 0 Å². The van der Waals surface area contributed by atoms with Crippen LogP contribution < -0.4 is 5.32 Å². The Bertz CT molecular complexity index is 571.